The summed E-state index contributed by atoms with van der Waals surface area (Å²) in [6, 6.07) is 0. The van der Waals surface area contributed by atoms with Crippen LogP contribution in [0.25, 0.3) is 10.8 Å². The Labute approximate surface area is 99.7 Å². The Morgan fingerprint density at radius 1 is 0.824 bits per heavy atom. The summed E-state index contributed by atoms with van der Waals surface area (Å²) < 4.78 is 5.19. The van der Waals surface area contributed by atoms with Gasteiger partial charge in [0.05, 0.1) is 5.39 Å². The van der Waals surface area contributed by atoms with E-state index in [1.54, 1.807) is 6.92 Å². The van der Waals surface area contributed by atoms with Crippen molar-refractivity contribution in [1.29, 1.82) is 0 Å². The molecule has 0 aliphatic carbocycles. The fourth-order valence-electron chi connectivity index (χ4n) is 2.20. The molecule has 0 unspecified atom stereocenters. The van der Waals surface area contributed by atoms with Crippen LogP contribution in [0.3, 0.4) is 0 Å². The quantitative estimate of drug-likeness (QED) is 0.759. The van der Waals surface area contributed by atoms with Gasteiger partial charge in [0.1, 0.15) is 11.5 Å². The van der Waals surface area contributed by atoms with E-state index in [4.69, 9.17) is 4.42 Å². The minimum absolute atomic E-state index is 0.191. The maximum Gasteiger partial charge on any atom is 0.344 e. The minimum atomic E-state index is -0.376. The lowest BCUT2D eigenvalue weighted by Crippen LogP contribution is -2.07. The first kappa shape index (κ1) is 11.7. The molecule has 0 bridgehead atoms. The molecular weight excluding hydrogens is 216 g/mol. The van der Waals surface area contributed by atoms with Gasteiger partial charge in [-0.3, -0.25) is 0 Å². The molecule has 0 atom stereocenters. The minimum Gasteiger partial charge on any atom is -0.507 e. The third-order valence-electron chi connectivity index (χ3n) is 3.70. The number of aryl methyl sites for hydroxylation is 3. The summed E-state index contributed by atoms with van der Waals surface area (Å²) in [4.78, 5) is 11.9. The number of aromatic hydroxyl groups is 1. The maximum absolute atomic E-state index is 11.9. The SMILES string of the molecule is Cc1oc(=O)c2c(C)c(C)c(C)c(O)c2c1C. The largest absolute Gasteiger partial charge is 0.507 e. The topological polar surface area (TPSA) is 50.4 Å². The van der Waals surface area contributed by atoms with Crippen LogP contribution < -0.4 is 5.63 Å². The summed E-state index contributed by atoms with van der Waals surface area (Å²) in [5.41, 5.74) is 3.09. The molecule has 0 radical (unpaired) electrons. The van der Waals surface area contributed by atoms with Crippen LogP contribution in [0.1, 0.15) is 28.0 Å². The van der Waals surface area contributed by atoms with Crippen molar-refractivity contribution in [3.8, 4) is 5.75 Å². The molecule has 1 heterocycles. The Morgan fingerprint density at radius 3 is 2.00 bits per heavy atom. The van der Waals surface area contributed by atoms with Gasteiger partial charge in [0, 0.05) is 5.39 Å². The van der Waals surface area contributed by atoms with Crippen molar-refractivity contribution in [1.82, 2.24) is 0 Å². The highest BCUT2D eigenvalue weighted by Gasteiger charge is 2.17. The van der Waals surface area contributed by atoms with Crippen LogP contribution in [0.5, 0.6) is 5.75 Å². The van der Waals surface area contributed by atoms with Crippen molar-refractivity contribution in [2.45, 2.75) is 34.6 Å². The molecule has 0 aliphatic heterocycles. The molecule has 90 valence electrons. The van der Waals surface area contributed by atoms with E-state index < -0.39 is 0 Å². The van der Waals surface area contributed by atoms with Gasteiger partial charge in [0.2, 0.25) is 0 Å². The van der Waals surface area contributed by atoms with Gasteiger partial charge in [-0.05, 0) is 56.9 Å². The van der Waals surface area contributed by atoms with Crippen molar-refractivity contribution in [2.24, 2.45) is 0 Å². The van der Waals surface area contributed by atoms with Crippen LogP contribution in [-0.2, 0) is 0 Å². The number of hydrogen-bond acceptors (Lipinski definition) is 3. The molecule has 1 aromatic heterocycles. The highest BCUT2D eigenvalue weighted by molar-refractivity contribution is 5.94. The molecule has 0 spiro atoms. The summed E-state index contributed by atoms with van der Waals surface area (Å²) in [5, 5.41) is 11.3. The Balaban J connectivity index is 3.23. The van der Waals surface area contributed by atoms with Crippen LogP contribution in [0, 0.1) is 34.6 Å². The van der Waals surface area contributed by atoms with Gasteiger partial charge in [-0.15, -0.1) is 0 Å². The van der Waals surface area contributed by atoms with E-state index in [0.717, 1.165) is 22.3 Å². The van der Waals surface area contributed by atoms with Gasteiger partial charge in [-0.25, -0.2) is 4.79 Å². The predicted octanol–water partition coefficient (Wildman–Crippen LogP) is 3.04. The summed E-state index contributed by atoms with van der Waals surface area (Å²) in [6.07, 6.45) is 0. The van der Waals surface area contributed by atoms with Crippen molar-refractivity contribution in [2.75, 3.05) is 0 Å². The Bertz CT molecular complexity index is 678. The number of rotatable bonds is 0. The molecule has 0 aliphatic rings. The second-order valence-corrected chi connectivity index (χ2v) is 4.54. The van der Waals surface area contributed by atoms with E-state index in [1.807, 2.05) is 27.7 Å². The summed E-state index contributed by atoms with van der Waals surface area (Å²) >= 11 is 0. The average Bonchev–Trinajstić information content (AvgIpc) is 2.28. The van der Waals surface area contributed by atoms with Gasteiger partial charge in [0.25, 0.3) is 0 Å². The normalized spacial score (nSPS) is 11.1. The molecule has 3 nitrogen and oxygen atoms in total. The van der Waals surface area contributed by atoms with Crippen LogP contribution in [0.4, 0.5) is 0 Å². The molecular formula is C14H16O3. The molecule has 0 saturated carbocycles. The third-order valence-corrected chi connectivity index (χ3v) is 3.70. The van der Waals surface area contributed by atoms with Gasteiger partial charge < -0.3 is 9.52 Å². The second-order valence-electron chi connectivity index (χ2n) is 4.54. The molecule has 0 saturated heterocycles. The second kappa shape index (κ2) is 3.62. The average molecular weight is 232 g/mol. The zero-order valence-corrected chi connectivity index (χ0v) is 10.8. The standard InChI is InChI=1S/C14H16O3/c1-6-7(2)12-11(13(15)8(6)3)9(4)10(5)17-14(12)16/h15H,1-5H3. The molecule has 17 heavy (non-hydrogen) atoms. The van der Waals surface area contributed by atoms with Gasteiger partial charge in [-0.2, -0.15) is 0 Å². The van der Waals surface area contributed by atoms with E-state index >= 15 is 0 Å². The Morgan fingerprint density at radius 2 is 1.41 bits per heavy atom. The summed E-state index contributed by atoms with van der Waals surface area (Å²) in [7, 11) is 0. The van der Waals surface area contributed by atoms with Crippen LogP contribution in [-0.4, -0.2) is 5.11 Å². The first-order chi connectivity index (χ1) is 7.86. The van der Waals surface area contributed by atoms with Gasteiger partial charge >= 0.3 is 5.63 Å². The lowest BCUT2D eigenvalue weighted by Gasteiger charge is -2.14. The number of phenolic OH excluding ortho intramolecular Hbond substituents is 1. The number of hydrogen-bond donors (Lipinski definition) is 1. The molecule has 2 rings (SSSR count). The maximum atomic E-state index is 11.9. The number of fused-ring (bicyclic) bond motifs is 1. The van der Waals surface area contributed by atoms with Crippen molar-refractivity contribution in [3.63, 3.8) is 0 Å². The molecule has 0 amide bonds. The summed E-state index contributed by atoms with van der Waals surface area (Å²) in [5.74, 6) is 0.747. The summed E-state index contributed by atoms with van der Waals surface area (Å²) in [6.45, 7) is 9.24. The molecule has 1 N–H and O–H groups in total. The van der Waals surface area contributed by atoms with E-state index in [2.05, 4.69) is 0 Å². The van der Waals surface area contributed by atoms with E-state index in [0.29, 0.717) is 16.5 Å². The fourth-order valence-corrected chi connectivity index (χ4v) is 2.20. The highest BCUT2D eigenvalue weighted by atomic mass is 16.4. The number of phenols is 1. The lowest BCUT2D eigenvalue weighted by molar-refractivity contribution is 0.468. The molecule has 0 fully saturated rings. The van der Waals surface area contributed by atoms with E-state index in [-0.39, 0.29) is 11.4 Å². The van der Waals surface area contributed by atoms with Gasteiger partial charge in [0.15, 0.2) is 0 Å². The smallest absolute Gasteiger partial charge is 0.344 e. The van der Waals surface area contributed by atoms with E-state index in [9.17, 15) is 9.90 Å². The number of benzene rings is 1. The molecule has 3 heteroatoms. The first-order valence-electron chi connectivity index (χ1n) is 5.59. The van der Waals surface area contributed by atoms with Gasteiger partial charge in [-0.1, -0.05) is 0 Å². The van der Waals surface area contributed by atoms with Crippen LogP contribution in [0.15, 0.2) is 9.21 Å². The zero-order chi connectivity index (χ0) is 12.9. The monoisotopic (exact) mass is 232 g/mol. The van der Waals surface area contributed by atoms with Crippen LogP contribution in [0.2, 0.25) is 0 Å². The Hall–Kier alpha value is -1.77. The van der Waals surface area contributed by atoms with Crippen molar-refractivity contribution in [3.05, 3.63) is 38.4 Å². The zero-order valence-electron chi connectivity index (χ0n) is 10.8. The first-order valence-corrected chi connectivity index (χ1v) is 5.59. The Kier molecular flexibility index (Phi) is 2.49. The fraction of sp³-hybridized carbons (Fsp3) is 0.357. The van der Waals surface area contributed by atoms with Crippen molar-refractivity contribution >= 4 is 10.8 Å². The van der Waals surface area contributed by atoms with Crippen molar-refractivity contribution < 1.29 is 9.52 Å². The lowest BCUT2D eigenvalue weighted by atomic mass is 9.94. The molecule has 1 aromatic carbocycles. The predicted molar refractivity (Wildman–Crippen MR) is 67.8 cm³/mol. The molecule has 2 aromatic rings. The van der Waals surface area contributed by atoms with E-state index in [1.165, 1.54) is 0 Å². The third kappa shape index (κ3) is 1.46. The highest BCUT2D eigenvalue weighted by Crippen LogP contribution is 2.35. The van der Waals surface area contributed by atoms with Crippen LogP contribution >= 0.6 is 0 Å².